The fourth-order valence-electron chi connectivity index (χ4n) is 1.43. The molecule has 1 heterocycles. The lowest BCUT2D eigenvalue weighted by Crippen LogP contribution is -2.30. The predicted octanol–water partition coefficient (Wildman–Crippen LogP) is 1.38. The first kappa shape index (κ1) is 11.3. The van der Waals surface area contributed by atoms with Crippen LogP contribution in [0, 0.1) is 0 Å². The Kier molecular flexibility index (Phi) is 3.33. The summed E-state index contributed by atoms with van der Waals surface area (Å²) in [6.45, 7) is 0. The number of hydrogen-bond donors (Lipinski definition) is 1. The van der Waals surface area contributed by atoms with Crippen LogP contribution in [0.25, 0.3) is 0 Å². The minimum atomic E-state index is 0.170. The Morgan fingerprint density at radius 3 is 3.06 bits per heavy atom. The molecule has 0 spiro atoms. The summed E-state index contributed by atoms with van der Waals surface area (Å²) in [7, 11) is 1.87. The zero-order valence-corrected chi connectivity index (χ0v) is 10.0. The molecule has 1 aliphatic rings. The smallest absolute Gasteiger partial charge is 0.232 e. The predicted molar refractivity (Wildman–Crippen MR) is 65.2 cm³/mol. The maximum atomic E-state index is 11.8. The number of nitrogens with zero attached hydrogens (tertiary/aromatic N) is 2. The number of aromatic nitrogens is 1. The summed E-state index contributed by atoms with van der Waals surface area (Å²) in [6.07, 6.45) is 5.58. The lowest BCUT2D eigenvalue weighted by atomic mass is 10.4. The second kappa shape index (κ2) is 4.74. The van der Waals surface area contributed by atoms with Gasteiger partial charge in [-0.25, -0.2) is 0 Å². The molecule has 2 N–H and O–H groups in total. The molecule has 0 bridgehead atoms. The van der Waals surface area contributed by atoms with Crippen molar-refractivity contribution in [2.75, 3.05) is 18.5 Å². The van der Waals surface area contributed by atoms with Gasteiger partial charge in [-0.3, -0.25) is 9.78 Å². The van der Waals surface area contributed by atoms with Gasteiger partial charge in [0, 0.05) is 24.2 Å². The van der Waals surface area contributed by atoms with Crippen molar-refractivity contribution < 1.29 is 4.79 Å². The molecule has 1 saturated carbocycles. The average molecular weight is 237 g/mol. The van der Waals surface area contributed by atoms with Crippen molar-refractivity contribution in [1.82, 2.24) is 9.88 Å². The molecular weight excluding hydrogens is 222 g/mol. The number of hydrogen-bond acceptors (Lipinski definition) is 4. The Morgan fingerprint density at radius 2 is 2.44 bits per heavy atom. The van der Waals surface area contributed by atoms with Gasteiger partial charge >= 0.3 is 0 Å². The molecule has 4 nitrogen and oxygen atoms in total. The third kappa shape index (κ3) is 2.66. The van der Waals surface area contributed by atoms with Crippen LogP contribution in [0.15, 0.2) is 23.4 Å². The van der Waals surface area contributed by atoms with E-state index in [9.17, 15) is 4.79 Å². The molecule has 5 heteroatoms. The molecule has 0 saturated heterocycles. The first-order valence-corrected chi connectivity index (χ1v) is 6.25. The monoisotopic (exact) mass is 237 g/mol. The highest BCUT2D eigenvalue weighted by atomic mass is 32.2. The topological polar surface area (TPSA) is 59.2 Å². The molecule has 1 amide bonds. The van der Waals surface area contributed by atoms with Crippen LogP contribution >= 0.6 is 11.8 Å². The Balaban J connectivity index is 1.87. The first-order chi connectivity index (χ1) is 7.68. The van der Waals surface area contributed by atoms with Gasteiger partial charge in [-0.2, -0.15) is 0 Å². The minimum Gasteiger partial charge on any atom is -0.397 e. The van der Waals surface area contributed by atoms with E-state index < -0.39 is 0 Å². The SMILES string of the molecule is CN(C(=O)CSc1ccncc1N)C1CC1. The molecule has 1 aromatic rings. The largest absolute Gasteiger partial charge is 0.397 e. The highest BCUT2D eigenvalue weighted by molar-refractivity contribution is 8.00. The highest BCUT2D eigenvalue weighted by Crippen LogP contribution is 2.28. The van der Waals surface area contributed by atoms with E-state index in [4.69, 9.17) is 5.73 Å². The van der Waals surface area contributed by atoms with E-state index in [2.05, 4.69) is 4.98 Å². The number of rotatable bonds is 4. The van der Waals surface area contributed by atoms with Crippen molar-refractivity contribution in [1.29, 1.82) is 0 Å². The molecule has 86 valence electrons. The Morgan fingerprint density at radius 1 is 1.69 bits per heavy atom. The van der Waals surface area contributed by atoms with E-state index in [1.165, 1.54) is 11.8 Å². The van der Waals surface area contributed by atoms with Gasteiger partial charge in [0.2, 0.25) is 5.91 Å². The van der Waals surface area contributed by atoms with Crippen LogP contribution in [0.5, 0.6) is 0 Å². The van der Waals surface area contributed by atoms with E-state index in [1.54, 1.807) is 12.4 Å². The third-order valence-electron chi connectivity index (χ3n) is 2.65. The second-order valence-electron chi connectivity index (χ2n) is 3.94. The number of nitrogens with two attached hydrogens (primary N) is 1. The summed E-state index contributed by atoms with van der Waals surface area (Å²) in [6, 6.07) is 2.31. The van der Waals surface area contributed by atoms with Crippen LogP contribution in [0.3, 0.4) is 0 Å². The molecule has 0 atom stereocenters. The van der Waals surface area contributed by atoms with Crippen molar-refractivity contribution in [3.05, 3.63) is 18.5 Å². The van der Waals surface area contributed by atoms with E-state index in [-0.39, 0.29) is 5.91 Å². The number of carbonyl (C=O) groups excluding carboxylic acids is 1. The maximum absolute atomic E-state index is 11.8. The van der Waals surface area contributed by atoms with Crippen LogP contribution in [-0.2, 0) is 4.79 Å². The molecule has 0 radical (unpaired) electrons. The molecule has 0 unspecified atom stereocenters. The van der Waals surface area contributed by atoms with Crippen molar-refractivity contribution in [2.24, 2.45) is 0 Å². The van der Waals surface area contributed by atoms with Gasteiger partial charge in [-0.1, -0.05) is 0 Å². The Bertz CT molecular complexity index is 393. The zero-order valence-electron chi connectivity index (χ0n) is 9.22. The maximum Gasteiger partial charge on any atom is 0.232 e. The van der Waals surface area contributed by atoms with Gasteiger partial charge in [-0.15, -0.1) is 11.8 Å². The van der Waals surface area contributed by atoms with Gasteiger partial charge in [-0.05, 0) is 18.9 Å². The molecular formula is C11H15N3OS. The number of thioether (sulfide) groups is 1. The average Bonchev–Trinajstić information content (AvgIpc) is 3.10. The number of anilines is 1. The summed E-state index contributed by atoms with van der Waals surface area (Å²) in [5.74, 6) is 0.616. The third-order valence-corrected chi connectivity index (χ3v) is 3.72. The van der Waals surface area contributed by atoms with Crippen LogP contribution < -0.4 is 5.73 Å². The summed E-state index contributed by atoms with van der Waals surface area (Å²) in [5, 5.41) is 0. The Labute approximate surface area is 99.2 Å². The van der Waals surface area contributed by atoms with E-state index >= 15 is 0 Å². The first-order valence-electron chi connectivity index (χ1n) is 5.26. The lowest BCUT2D eigenvalue weighted by molar-refractivity contribution is -0.127. The molecule has 1 aliphatic carbocycles. The van der Waals surface area contributed by atoms with Gasteiger partial charge in [0.1, 0.15) is 0 Å². The molecule has 16 heavy (non-hydrogen) atoms. The summed E-state index contributed by atoms with van der Waals surface area (Å²) in [4.78, 5) is 18.4. The zero-order chi connectivity index (χ0) is 11.5. The van der Waals surface area contributed by atoms with E-state index in [0.717, 1.165) is 17.7 Å². The van der Waals surface area contributed by atoms with Gasteiger partial charge in [0.05, 0.1) is 17.6 Å². The normalized spacial score (nSPS) is 14.8. The highest BCUT2D eigenvalue weighted by Gasteiger charge is 2.29. The van der Waals surface area contributed by atoms with E-state index in [1.807, 2.05) is 18.0 Å². The van der Waals surface area contributed by atoms with E-state index in [0.29, 0.717) is 17.5 Å². The number of pyridine rings is 1. The Hall–Kier alpha value is -1.23. The molecule has 0 aliphatic heterocycles. The van der Waals surface area contributed by atoms with Crippen LogP contribution in [0.4, 0.5) is 5.69 Å². The summed E-state index contributed by atoms with van der Waals surface area (Å²) >= 11 is 1.47. The quantitative estimate of drug-likeness (QED) is 0.804. The fraction of sp³-hybridized carbons (Fsp3) is 0.455. The summed E-state index contributed by atoms with van der Waals surface area (Å²) < 4.78 is 0. The van der Waals surface area contributed by atoms with Crippen molar-refractivity contribution >= 4 is 23.4 Å². The molecule has 1 aromatic heterocycles. The fourth-order valence-corrected chi connectivity index (χ4v) is 2.29. The van der Waals surface area contributed by atoms with Crippen molar-refractivity contribution in [3.8, 4) is 0 Å². The lowest BCUT2D eigenvalue weighted by Gasteiger charge is -2.15. The summed E-state index contributed by atoms with van der Waals surface area (Å²) in [5.41, 5.74) is 6.38. The number of amides is 1. The second-order valence-corrected chi connectivity index (χ2v) is 4.96. The van der Waals surface area contributed by atoms with Crippen molar-refractivity contribution in [2.45, 2.75) is 23.8 Å². The molecule has 2 rings (SSSR count). The van der Waals surface area contributed by atoms with Crippen molar-refractivity contribution in [3.63, 3.8) is 0 Å². The van der Waals surface area contributed by atoms with Gasteiger partial charge in [0.15, 0.2) is 0 Å². The number of carbonyl (C=O) groups is 1. The van der Waals surface area contributed by atoms with Gasteiger partial charge in [0.25, 0.3) is 0 Å². The van der Waals surface area contributed by atoms with Crippen LogP contribution in [0.1, 0.15) is 12.8 Å². The molecule has 0 aromatic carbocycles. The minimum absolute atomic E-state index is 0.170. The molecule has 1 fully saturated rings. The van der Waals surface area contributed by atoms with Gasteiger partial charge < -0.3 is 10.6 Å². The van der Waals surface area contributed by atoms with Crippen LogP contribution in [0.2, 0.25) is 0 Å². The standard InChI is InChI=1S/C11H15N3OS/c1-14(8-2-3-8)11(15)7-16-10-4-5-13-6-9(10)12/h4-6,8H,2-3,7,12H2,1H3. The number of nitrogen functional groups attached to an aromatic ring is 1. The van der Waals surface area contributed by atoms with Crippen LogP contribution in [-0.4, -0.2) is 34.6 Å².